The minimum Gasteiger partial charge on any atom is -0.389 e. The SMILES string of the molecule is O=C(Cc1cc(C(F)(F)F)cc(C(F)(F)F)c1)CC1(O)CCNCC1. The summed E-state index contributed by atoms with van der Waals surface area (Å²) in [5.74, 6) is -0.600. The third-order valence-electron chi connectivity index (χ3n) is 4.11. The fourth-order valence-corrected chi connectivity index (χ4v) is 2.85. The van der Waals surface area contributed by atoms with Gasteiger partial charge in [0, 0.05) is 12.8 Å². The number of ketones is 1. The summed E-state index contributed by atoms with van der Waals surface area (Å²) in [6.07, 6.45) is -10.2. The maximum absolute atomic E-state index is 12.8. The summed E-state index contributed by atoms with van der Waals surface area (Å²) in [4.78, 5) is 12.1. The van der Waals surface area contributed by atoms with Gasteiger partial charge in [0.05, 0.1) is 16.7 Å². The van der Waals surface area contributed by atoms with Crippen molar-refractivity contribution in [1.29, 1.82) is 0 Å². The van der Waals surface area contributed by atoms with E-state index in [1.54, 1.807) is 0 Å². The van der Waals surface area contributed by atoms with Gasteiger partial charge >= 0.3 is 12.4 Å². The van der Waals surface area contributed by atoms with Gasteiger partial charge in [0.1, 0.15) is 5.78 Å². The highest BCUT2D eigenvalue weighted by molar-refractivity contribution is 5.82. The Labute approximate surface area is 140 Å². The number of halogens is 6. The first-order valence-electron chi connectivity index (χ1n) is 7.62. The molecule has 0 atom stereocenters. The average molecular weight is 369 g/mol. The van der Waals surface area contributed by atoms with E-state index in [1.165, 1.54) is 0 Å². The van der Waals surface area contributed by atoms with Crippen LogP contribution in [0.5, 0.6) is 0 Å². The Bertz CT molecular complexity index is 600. The average Bonchev–Trinajstić information content (AvgIpc) is 2.45. The van der Waals surface area contributed by atoms with Gasteiger partial charge in [-0.1, -0.05) is 0 Å². The molecule has 9 heteroatoms. The van der Waals surface area contributed by atoms with E-state index in [0.29, 0.717) is 38.1 Å². The Hall–Kier alpha value is -1.61. The third kappa shape index (κ3) is 5.43. The molecule has 1 aliphatic heterocycles. The van der Waals surface area contributed by atoms with Gasteiger partial charge in [0.25, 0.3) is 0 Å². The molecule has 0 saturated carbocycles. The number of benzene rings is 1. The van der Waals surface area contributed by atoms with E-state index >= 15 is 0 Å². The maximum atomic E-state index is 12.8. The van der Waals surface area contributed by atoms with E-state index in [-0.39, 0.29) is 18.1 Å². The lowest BCUT2D eigenvalue weighted by atomic mass is 9.86. The fourth-order valence-electron chi connectivity index (χ4n) is 2.85. The van der Waals surface area contributed by atoms with Crippen LogP contribution < -0.4 is 5.32 Å². The maximum Gasteiger partial charge on any atom is 0.416 e. The zero-order valence-electron chi connectivity index (χ0n) is 13.1. The van der Waals surface area contributed by atoms with E-state index in [2.05, 4.69) is 5.32 Å². The molecular weight excluding hydrogens is 352 g/mol. The molecule has 25 heavy (non-hydrogen) atoms. The van der Waals surface area contributed by atoms with Crippen LogP contribution in [0.1, 0.15) is 36.0 Å². The van der Waals surface area contributed by atoms with Gasteiger partial charge in [0.2, 0.25) is 0 Å². The number of piperidine rings is 1. The minimum atomic E-state index is -4.95. The molecule has 1 aliphatic rings. The Balaban J connectivity index is 2.21. The molecule has 0 bridgehead atoms. The Morgan fingerprint density at radius 1 is 1.00 bits per heavy atom. The van der Waals surface area contributed by atoms with Gasteiger partial charge in [-0.3, -0.25) is 4.79 Å². The molecule has 0 unspecified atom stereocenters. The molecule has 0 aromatic heterocycles. The molecule has 1 aromatic rings. The second-order valence-electron chi connectivity index (χ2n) is 6.28. The number of aliphatic hydroxyl groups is 1. The number of rotatable bonds is 4. The Kier molecular flexibility index (Phi) is 5.48. The summed E-state index contributed by atoms with van der Waals surface area (Å²) in [5.41, 5.74) is -4.54. The summed E-state index contributed by atoms with van der Waals surface area (Å²) in [5, 5.41) is 13.3. The van der Waals surface area contributed by atoms with Crippen molar-refractivity contribution in [2.24, 2.45) is 0 Å². The van der Waals surface area contributed by atoms with Crippen LogP contribution in [0.3, 0.4) is 0 Å². The summed E-state index contributed by atoms with van der Waals surface area (Å²) in [6, 6.07) is 1.10. The largest absolute Gasteiger partial charge is 0.416 e. The number of carbonyl (C=O) groups is 1. The topological polar surface area (TPSA) is 49.3 Å². The standard InChI is InChI=1S/C16H17F6NO2/c17-15(18,19)11-5-10(6-12(8-11)16(20,21)22)7-13(24)9-14(25)1-3-23-4-2-14/h5-6,8,23,25H,1-4,7,9H2. The highest BCUT2D eigenvalue weighted by Gasteiger charge is 2.37. The Morgan fingerprint density at radius 2 is 1.48 bits per heavy atom. The molecule has 2 N–H and O–H groups in total. The third-order valence-corrected chi connectivity index (χ3v) is 4.11. The monoisotopic (exact) mass is 369 g/mol. The predicted octanol–water partition coefficient (Wildman–Crippen LogP) is 3.34. The highest BCUT2D eigenvalue weighted by Crippen LogP contribution is 2.36. The molecule has 0 amide bonds. The molecule has 0 spiro atoms. The number of hydrogen-bond acceptors (Lipinski definition) is 3. The van der Waals surface area contributed by atoms with E-state index < -0.39 is 41.3 Å². The van der Waals surface area contributed by atoms with Crippen molar-refractivity contribution in [3.63, 3.8) is 0 Å². The zero-order chi connectivity index (χ0) is 18.9. The molecule has 3 nitrogen and oxygen atoms in total. The van der Waals surface area contributed by atoms with Crippen molar-refractivity contribution in [1.82, 2.24) is 5.32 Å². The van der Waals surface area contributed by atoms with E-state index in [9.17, 15) is 36.2 Å². The number of nitrogens with one attached hydrogen (secondary N) is 1. The van der Waals surface area contributed by atoms with Crippen LogP contribution in [0.25, 0.3) is 0 Å². The van der Waals surface area contributed by atoms with Crippen LogP contribution in [0.15, 0.2) is 18.2 Å². The van der Waals surface area contributed by atoms with Crippen molar-refractivity contribution in [3.8, 4) is 0 Å². The normalized spacial score (nSPS) is 18.2. The fraction of sp³-hybridized carbons (Fsp3) is 0.562. The smallest absolute Gasteiger partial charge is 0.389 e. The first-order chi connectivity index (χ1) is 11.4. The van der Waals surface area contributed by atoms with Gasteiger partial charge in [-0.2, -0.15) is 26.3 Å². The van der Waals surface area contributed by atoms with Crippen molar-refractivity contribution < 1.29 is 36.2 Å². The molecule has 140 valence electrons. The van der Waals surface area contributed by atoms with Crippen LogP contribution in [0.2, 0.25) is 0 Å². The first kappa shape index (κ1) is 19.7. The van der Waals surface area contributed by atoms with Crippen LogP contribution in [-0.2, 0) is 23.6 Å². The lowest BCUT2D eigenvalue weighted by Gasteiger charge is -2.32. The summed E-state index contributed by atoms with van der Waals surface area (Å²) < 4.78 is 76.8. The molecule has 0 radical (unpaired) electrons. The van der Waals surface area contributed by atoms with Gasteiger partial charge in [-0.05, 0) is 49.7 Å². The van der Waals surface area contributed by atoms with Gasteiger partial charge < -0.3 is 10.4 Å². The summed E-state index contributed by atoms with van der Waals surface area (Å²) in [7, 11) is 0. The summed E-state index contributed by atoms with van der Waals surface area (Å²) >= 11 is 0. The number of Topliss-reactive ketones (excluding diaryl/α,β-unsaturated/α-hetero) is 1. The molecule has 1 fully saturated rings. The second kappa shape index (κ2) is 6.95. The molecule has 1 aromatic carbocycles. The van der Waals surface area contributed by atoms with Gasteiger partial charge in [-0.15, -0.1) is 0 Å². The van der Waals surface area contributed by atoms with Crippen LogP contribution in [-0.4, -0.2) is 29.6 Å². The van der Waals surface area contributed by atoms with Crippen molar-refractivity contribution in [3.05, 3.63) is 34.9 Å². The molecule has 2 rings (SSSR count). The zero-order valence-corrected chi connectivity index (χ0v) is 13.1. The van der Waals surface area contributed by atoms with Crippen LogP contribution in [0.4, 0.5) is 26.3 Å². The quantitative estimate of drug-likeness (QED) is 0.801. The molecular formula is C16H17F6NO2. The second-order valence-corrected chi connectivity index (χ2v) is 6.28. The van der Waals surface area contributed by atoms with Gasteiger partial charge in [0.15, 0.2) is 0 Å². The first-order valence-corrected chi connectivity index (χ1v) is 7.62. The molecule has 1 heterocycles. The molecule has 1 saturated heterocycles. The number of carbonyl (C=O) groups excluding carboxylic acids is 1. The van der Waals surface area contributed by atoms with Crippen LogP contribution in [0, 0.1) is 0 Å². The summed E-state index contributed by atoms with van der Waals surface area (Å²) in [6.45, 7) is 0.983. The van der Waals surface area contributed by atoms with Crippen molar-refractivity contribution >= 4 is 5.78 Å². The lowest BCUT2D eigenvalue weighted by Crippen LogP contribution is -2.43. The van der Waals surface area contributed by atoms with Gasteiger partial charge in [-0.25, -0.2) is 0 Å². The number of hydrogen-bond donors (Lipinski definition) is 2. The van der Waals surface area contributed by atoms with E-state index in [4.69, 9.17) is 0 Å². The molecule has 0 aliphatic carbocycles. The van der Waals surface area contributed by atoms with E-state index in [0.717, 1.165) is 0 Å². The minimum absolute atomic E-state index is 0.0221. The lowest BCUT2D eigenvalue weighted by molar-refractivity contribution is -0.143. The van der Waals surface area contributed by atoms with Crippen molar-refractivity contribution in [2.75, 3.05) is 13.1 Å². The van der Waals surface area contributed by atoms with E-state index in [1.807, 2.05) is 0 Å². The number of alkyl halides is 6. The highest BCUT2D eigenvalue weighted by atomic mass is 19.4. The Morgan fingerprint density at radius 3 is 1.92 bits per heavy atom. The van der Waals surface area contributed by atoms with Crippen molar-refractivity contribution in [2.45, 2.75) is 43.6 Å². The predicted molar refractivity (Wildman–Crippen MR) is 76.8 cm³/mol. The van der Waals surface area contributed by atoms with Crippen LogP contribution >= 0.6 is 0 Å².